The molecule has 0 bridgehead atoms. The molecule has 2 rings (SSSR count). The van der Waals surface area contributed by atoms with E-state index in [0.717, 1.165) is 28.0 Å². The highest BCUT2D eigenvalue weighted by Crippen LogP contribution is 2.26. The molecule has 5 nitrogen and oxygen atoms in total. The molecular weight excluding hydrogens is 376 g/mol. The highest BCUT2D eigenvalue weighted by Gasteiger charge is 2.18. The Morgan fingerprint density at radius 3 is 2.32 bits per heavy atom. The van der Waals surface area contributed by atoms with Crippen molar-refractivity contribution in [3.05, 3.63) is 64.2 Å². The number of aryl methyl sites for hydroxylation is 3. The van der Waals surface area contributed by atoms with Crippen molar-refractivity contribution in [2.24, 2.45) is 5.73 Å². The third-order valence-electron chi connectivity index (χ3n) is 4.45. The molecule has 0 aliphatic carbocycles. The summed E-state index contributed by atoms with van der Waals surface area (Å²) in [5.41, 5.74) is 11.4. The zero-order chi connectivity index (χ0) is 20.0. The van der Waals surface area contributed by atoms with Crippen LogP contribution < -0.4 is 10.5 Å². The molecule has 1 atom stereocenters. The molecule has 2 N–H and O–H groups in total. The number of carbonyl (C=O) groups excluding carboxylic acids is 1. The summed E-state index contributed by atoms with van der Waals surface area (Å²) in [4.78, 5) is 13.9. The monoisotopic (exact) mass is 406 g/mol. The molecule has 0 aliphatic rings. The number of nitrogens with two attached hydrogens (primary N) is 1. The quantitative estimate of drug-likeness (QED) is 0.728. The van der Waals surface area contributed by atoms with Gasteiger partial charge in [-0.25, -0.2) is 0 Å². The smallest absolute Gasteiger partial charge is 0.241 e. The molecule has 0 aromatic heterocycles. The van der Waals surface area contributed by atoms with Gasteiger partial charge in [-0.2, -0.15) is 0 Å². The first-order valence-electron chi connectivity index (χ1n) is 9.09. The fraction of sp³-hybridized carbons (Fsp3) is 0.409. The van der Waals surface area contributed by atoms with E-state index in [1.54, 1.807) is 11.9 Å². The second-order valence-corrected chi connectivity index (χ2v) is 7.09. The van der Waals surface area contributed by atoms with Crippen LogP contribution in [-0.4, -0.2) is 37.6 Å². The number of hydrogen-bond acceptors (Lipinski definition) is 4. The zero-order valence-corrected chi connectivity index (χ0v) is 18.1. The van der Waals surface area contributed by atoms with Crippen LogP contribution in [0.4, 0.5) is 0 Å². The molecule has 0 aliphatic heterocycles. The van der Waals surface area contributed by atoms with Crippen molar-refractivity contribution in [1.82, 2.24) is 4.90 Å². The van der Waals surface area contributed by atoms with Crippen LogP contribution in [-0.2, 0) is 22.7 Å². The van der Waals surface area contributed by atoms with E-state index in [-0.39, 0.29) is 24.9 Å². The summed E-state index contributed by atoms with van der Waals surface area (Å²) in [6.45, 7) is 7.38. The van der Waals surface area contributed by atoms with Crippen molar-refractivity contribution in [1.29, 1.82) is 0 Å². The van der Waals surface area contributed by atoms with Gasteiger partial charge in [0, 0.05) is 20.7 Å². The van der Waals surface area contributed by atoms with Gasteiger partial charge in [0.05, 0.1) is 6.61 Å². The molecule has 154 valence electrons. The summed E-state index contributed by atoms with van der Waals surface area (Å²) in [6, 6.07) is 11.8. The number of likely N-dealkylation sites (N-methyl/N-ethyl adjacent to an activating group) is 1. The van der Waals surface area contributed by atoms with Gasteiger partial charge in [-0.1, -0.05) is 42.0 Å². The van der Waals surface area contributed by atoms with Crippen LogP contribution in [0.1, 0.15) is 27.8 Å². The number of nitrogens with zero attached hydrogens (tertiary/aromatic N) is 1. The third kappa shape index (κ3) is 6.51. The molecule has 0 saturated heterocycles. The van der Waals surface area contributed by atoms with Crippen LogP contribution in [0.3, 0.4) is 0 Å². The fourth-order valence-electron chi connectivity index (χ4n) is 3.20. The highest BCUT2D eigenvalue weighted by atomic mass is 35.5. The van der Waals surface area contributed by atoms with Crippen LogP contribution in [0.15, 0.2) is 36.4 Å². The number of hydrogen-bond donors (Lipinski definition) is 1. The maximum Gasteiger partial charge on any atom is 0.241 e. The van der Waals surface area contributed by atoms with Gasteiger partial charge in [0.2, 0.25) is 5.91 Å². The van der Waals surface area contributed by atoms with E-state index < -0.39 is 6.04 Å². The lowest BCUT2D eigenvalue weighted by Crippen LogP contribution is -2.44. The number of halogens is 1. The predicted molar refractivity (Wildman–Crippen MR) is 115 cm³/mol. The molecule has 0 fully saturated rings. The zero-order valence-electron chi connectivity index (χ0n) is 17.3. The Hall–Kier alpha value is -2.08. The van der Waals surface area contributed by atoms with Gasteiger partial charge in [0.25, 0.3) is 0 Å². The highest BCUT2D eigenvalue weighted by molar-refractivity contribution is 5.85. The lowest BCUT2D eigenvalue weighted by atomic mass is 10.0. The average molecular weight is 407 g/mol. The third-order valence-corrected chi connectivity index (χ3v) is 4.45. The van der Waals surface area contributed by atoms with E-state index in [2.05, 4.69) is 37.3 Å². The summed E-state index contributed by atoms with van der Waals surface area (Å²) >= 11 is 0. The normalized spacial score (nSPS) is 11.5. The number of methoxy groups -OCH3 is 1. The maximum atomic E-state index is 12.3. The first-order chi connectivity index (χ1) is 12.8. The van der Waals surface area contributed by atoms with Crippen LogP contribution in [0.25, 0.3) is 0 Å². The minimum absolute atomic E-state index is 0. The topological polar surface area (TPSA) is 64.8 Å². The Morgan fingerprint density at radius 2 is 1.75 bits per heavy atom. The molecular formula is C22H31ClN2O3. The SMILES string of the molecule is COCC(N)C(=O)N(C)Cc1cc(C)c(OCc2cccc(C)c2)c(C)c1.Cl. The second-order valence-electron chi connectivity index (χ2n) is 7.09. The molecule has 2 aromatic rings. The molecule has 6 heteroatoms. The van der Waals surface area contributed by atoms with Gasteiger partial charge >= 0.3 is 0 Å². The lowest BCUT2D eigenvalue weighted by molar-refractivity contribution is -0.132. The molecule has 0 heterocycles. The van der Waals surface area contributed by atoms with Crippen LogP contribution >= 0.6 is 12.4 Å². The van der Waals surface area contributed by atoms with Gasteiger partial charge in [-0.3, -0.25) is 4.79 Å². The van der Waals surface area contributed by atoms with Crippen LogP contribution in [0.2, 0.25) is 0 Å². The summed E-state index contributed by atoms with van der Waals surface area (Å²) in [7, 11) is 3.29. The fourth-order valence-corrected chi connectivity index (χ4v) is 3.20. The van der Waals surface area contributed by atoms with Gasteiger partial charge in [-0.15, -0.1) is 12.4 Å². The van der Waals surface area contributed by atoms with Crippen molar-refractivity contribution in [2.75, 3.05) is 20.8 Å². The largest absolute Gasteiger partial charge is 0.488 e. The number of amides is 1. The van der Waals surface area contributed by atoms with Crippen LogP contribution in [0, 0.1) is 20.8 Å². The number of rotatable bonds is 8. The molecule has 0 spiro atoms. The van der Waals surface area contributed by atoms with E-state index >= 15 is 0 Å². The summed E-state index contributed by atoms with van der Waals surface area (Å²) < 4.78 is 11.0. The van der Waals surface area contributed by atoms with Crippen LogP contribution in [0.5, 0.6) is 5.75 Å². The summed E-state index contributed by atoms with van der Waals surface area (Å²) in [6.07, 6.45) is 0. The lowest BCUT2D eigenvalue weighted by Gasteiger charge is -2.22. The first kappa shape index (κ1) is 24.0. The number of benzene rings is 2. The molecule has 2 aromatic carbocycles. The number of carbonyl (C=O) groups is 1. The second kappa shape index (κ2) is 11.1. The molecule has 0 radical (unpaired) electrons. The molecule has 0 saturated carbocycles. The van der Waals surface area contributed by atoms with Gasteiger partial charge < -0.3 is 20.1 Å². The average Bonchev–Trinajstić information content (AvgIpc) is 2.60. The Balaban J connectivity index is 0.00000392. The van der Waals surface area contributed by atoms with Crippen molar-refractivity contribution in [3.63, 3.8) is 0 Å². The van der Waals surface area contributed by atoms with Crippen molar-refractivity contribution in [2.45, 2.75) is 40.0 Å². The molecule has 1 unspecified atom stereocenters. The summed E-state index contributed by atoms with van der Waals surface area (Å²) in [5, 5.41) is 0. The molecule has 1 amide bonds. The van der Waals surface area contributed by atoms with E-state index in [9.17, 15) is 4.79 Å². The number of ether oxygens (including phenoxy) is 2. The Labute approximate surface area is 174 Å². The minimum Gasteiger partial charge on any atom is -0.488 e. The molecule has 28 heavy (non-hydrogen) atoms. The standard InChI is InChI=1S/C22H30N2O3.ClH/c1-15-7-6-8-18(9-15)13-27-21-16(2)10-19(11-17(21)3)12-24(4)22(25)20(23)14-26-5;/h6-11,20H,12-14,23H2,1-5H3;1H. The van der Waals surface area contributed by atoms with E-state index in [0.29, 0.717) is 13.2 Å². The van der Waals surface area contributed by atoms with Gasteiger partial charge in [0.1, 0.15) is 18.4 Å². The van der Waals surface area contributed by atoms with Crippen molar-refractivity contribution >= 4 is 18.3 Å². The van der Waals surface area contributed by atoms with Crippen molar-refractivity contribution < 1.29 is 14.3 Å². The maximum absolute atomic E-state index is 12.3. The van der Waals surface area contributed by atoms with Gasteiger partial charge in [-0.05, 0) is 43.0 Å². The first-order valence-corrected chi connectivity index (χ1v) is 9.09. The Morgan fingerprint density at radius 1 is 1.11 bits per heavy atom. The van der Waals surface area contributed by atoms with Gasteiger partial charge in [0.15, 0.2) is 0 Å². The Bertz CT molecular complexity index is 772. The minimum atomic E-state index is -0.640. The Kier molecular flexibility index (Phi) is 9.46. The van der Waals surface area contributed by atoms with E-state index in [1.807, 2.05) is 19.9 Å². The van der Waals surface area contributed by atoms with E-state index in [1.165, 1.54) is 12.7 Å². The predicted octanol–water partition coefficient (Wildman–Crippen LogP) is 3.54. The summed E-state index contributed by atoms with van der Waals surface area (Å²) in [5.74, 6) is 0.761. The van der Waals surface area contributed by atoms with E-state index in [4.69, 9.17) is 15.2 Å². The van der Waals surface area contributed by atoms with Crippen molar-refractivity contribution in [3.8, 4) is 5.75 Å².